The topological polar surface area (TPSA) is 91.2 Å². The number of hydrogen-bond donors (Lipinski definition) is 2. The summed E-state index contributed by atoms with van der Waals surface area (Å²) in [5.41, 5.74) is 0.364. The van der Waals surface area contributed by atoms with Crippen LogP contribution in [0.2, 0.25) is 0 Å². The second-order valence-corrected chi connectivity index (χ2v) is 6.76. The molecule has 114 valence electrons. The Morgan fingerprint density at radius 2 is 2.33 bits per heavy atom. The largest absolute Gasteiger partial charge is 0.495 e. The number of sulfonamides is 1. The quantitative estimate of drug-likeness (QED) is 0.812. The Kier molecular flexibility index (Phi) is 5.17. The number of nitrogens with one attached hydrogen (secondary N) is 2. The first-order valence-corrected chi connectivity index (χ1v) is 8.33. The molecular formula is C14H19N3O3S. The predicted octanol–water partition coefficient (Wildman–Crippen LogP) is 0.845. The number of rotatable bonds is 6. The Bertz CT molecular complexity index is 631. The number of benzene rings is 1. The van der Waals surface area contributed by atoms with Crippen molar-refractivity contribution in [2.75, 3.05) is 26.7 Å². The molecule has 1 saturated heterocycles. The lowest BCUT2D eigenvalue weighted by Gasteiger charge is -2.12. The van der Waals surface area contributed by atoms with Gasteiger partial charge in [0.15, 0.2) is 0 Å². The van der Waals surface area contributed by atoms with Crippen LogP contribution >= 0.6 is 0 Å². The lowest BCUT2D eigenvalue weighted by molar-refractivity contribution is 0.402. The van der Waals surface area contributed by atoms with Gasteiger partial charge in [0.2, 0.25) is 10.0 Å². The van der Waals surface area contributed by atoms with Gasteiger partial charge in [-0.25, -0.2) is 13.1 Å². The molecule has 2 N–H and O–H groups in total. The standard InChI is InChI=1S/C14H19N3O3S/c1-20-13-8-12(9-15)2-3-14(13)21(18,19)17-7-5-11-4-6-16-10-11/h2-3,8,11,16-17H,4-7,10H2,1H3. The van der Waals surface area contributed by atoms with Crippen LogP contribution in [0.1, 0.15) is 18.4 Å². The van der Waals surface area contributed by atoms with Crippen LogP contribution in [0.4, 0.5) is 0 Å². The van der Waals surface area contributed by atoms with E-state index in [0.717, 1.165) is 25.9 Å². The van der Waals surface area contributed by atoms with E-state index in [2.05, 4.69) is 10.0 Å². The average Bonchev–Trinajstić information content (AvgIpc) is 2.99. The second-order valence-electron chi connectivity index (χ2n) is 5.02. The highest BCUT2D eigenvalue weighted by molar-refractivity contribution is 7.89. The van der Waals surface area contributed by atoms with Crippen LogP contribution < -0.4 is 14.8 Å². The summed E-state index contributed by atoms with van der Waals surface area (Å²) in [4.78, 5) is 0.0635. The molecule has 0 amide bonds. The van der Waals surface area contributed by atoms with Crippen LogP contribution in [0.3, 0.4) is 0 Å². The van der Waals surface area contributed by atoms with Gasteiger partial charge in [-0.05, 0) is 50.0 Å². The van der Waals surface area contributed by atoms with E-state index < -0.39 is 10.0 Å². The van der Waals surface area contributed by atoms with Crippen LogP contribution in [0.15, 0.2) is 23.1 Å². The Labute approximate surface area is 125 Å². The van der Waals surface area contributed by atoms with Gasteiger partial charge in [0, 0.05) is 6.54 Å². The van der Waals surface area contributed by atoms with Gasteiger partial charge in [0.05, 0.1) is 18.7 Å². The first-order chi connectivity index (χ1) is 10.1. The molecule has 0 radical (unpaired) electrons. The lowest BCUT2D eigenvalue weighted by atomic mass is 10.1. The van der Waals surface area contributed by atoms with Crippen LogP contribution in [0.25, 0.3) is 0 Å². The third kappa shape index (κ3) is 3.94. The molecule has 1 heterocycles. The average molecular weight is 309 g/mol. The summed E-state index contributed by atoms with van der Waals surface area (Å²) in [5.74, 6) is 0.708. The zero-order chi connectivity index (χ0) is 15.3. The molecule has 0 aromatic heterocycles. The van der Waals surface area contributed by atoms with Gasteiger partial charge in [0.25, 0.3) is 0 Å². The summed E-state index contributed by atoms with van der Waals surface area (Å²) >= 11 is 0. The van der Waals surface area contributed by atoms with Gasteiger partial charge >= 0.3 is 0 Å². The zero-order valence-electron chi connectivity index (χ0n) is 11.9. The van der Waals surface area contributed by atoms with Crippen molar-refractivity contribution >= 4 is 10.0 Å². The molecule has 1 aliphatic rings. The number of nitriles is 1. The minimum atomic E-state index is -3.62. The summed E-state index contributed by atoms with van der Waals surface area (Å²) in [7, 11) is -2.24. The molecule has 1 aliphatic heterocycles. The van der Waals surface area contributed by atoms with Gasteiger partial charge < -0.3 is 10.1 Å². The van der Waals surface area contributed by atoms with E-state index in [9.17, 15) is 8.42 Å². The molecular weight excluding hydrogens is 290 g/mol. The molecule has 0 saturated carbocycles. The van der Waals surface area contributed by atoms with Gasteiger partial charge in [-0.15, -0.1) is 0 Å². The normalized spacial score (nSPS) is 18.4. The lowest BCUT2D eigenvalue weighted by Crippen LogP contribution is -2.27. The molecule has 1 aromatic carbocycles. The van der Waals surface area contributed by atoms with E-state index in [1.54, 1.807) is 0 Å². The maximum absolute atomic E-state index is 12.3. The highest BCUT2D eigenvalue weighted by atomic mass is 32.2. The number of nitrogens with zero attached hydrogens (tertiary/aromatic N) is 1. The Morgan fingerprint density at radius 3 is 2.95 bits per heavy atom. The molecule has 1 atom stereocenters. The molecule has 2 rings (SSSR count). The smallest absolute Gasteiger partial charge is 0.244 e. The van der Waals surface area contributed by atoms with E-state index in [1.807, 2.05) is 6.07 Å². The van der Waals surface area contributed by atoms with Crippen molar-refractivity contribution < 1.29 is 13.2 Å². The molecule has 1 fully saturated rings. The summed E-state index contributed by atoms with van der Waals surface area (Å²) in [6.45, 7) is 2.35. The highest BCUT2D eigenvalue weighted by Crippen LogP contribution is 2.24. The van der Waals surface area contributed by atoms with Crippen molar-refractivity contribution in [1.82, 2.24) is 10.0 Å². The molecule has 0 spiro atoms. The number of hydrogen-bond acceptors (Lipinski definition) is 5. The Morgan fingerprint density at radius 1 is 1.52 bits per heavy atom. The number of methoxy groups -OCH3 is 1. The first-order valence-electron chi connectivity index (χ1n) is 6.85. The maximum Gasteiger partial charge on any atom is 0.244 e. The Hall–Kier alpha value is -1.62. The molecule has 1 aromatic rings. The van der Waals surface area contributed by atoms with Gasteiger partial charge in [0.1, 0.15) is 10.6 Å². The molecule has 7 heteroatoms. The minimum absolute atomic E-state index is 0.0635. The van der Waals surface area contributed by atoms with Crippen LogP contribution in [0, 0.1) is 17.2 Å². The van der Waals surface area contributed by atoms with Crippen molar-refractivity contribution in [1.29, 1.82) is 5.26 Å². The van der Waals surface area contributed by atoms with Gasteiger partial charge in [-0.3, -0.25) is 0 Å². The SMILES string of the molecule is COc1cc(C#N)ccc1S(=O)(=O)NCCC1CCNC1. The molecule has 0 bridgehead atoms. The molecule has 1 unspecified atom stereocenters. The minimum Gasteiger partial charge on any atom is -0.495 e. The third-order valence-electron chi connectivity index (χ3n) is 3.59. The van der Waals surface area contributed by atoms with E-state index in [-0.39, 0.29) is 10.6 Å². The predicted molar refractivity (Wildman–Crippen MR) is 78.5 cm³/mol. The van der Waals surface area contributed by atoms with E-state index in [0.29, 0.717) is 18.0 Å². The van der Waals surface area contributed by atoms with E-state index in [1.165, 1.54) is 25.3 Å². The highest BCUT2D eigenvalue weighted by Gasteiger charge is 2.21. The summed E-state index contributed by atoms with van der Waals surface area (Å²) in [5, 5.41) is 12.1. The summed E-state index contributed by atoms with van der Waals surface area (Å²) in [6, 6.07) is 6.25. The summed E-state index contributed by atoms with van der Waals surface area (Å²) < 4.78 is 32.3. The molecule has 21 heavy (non-hydrogen) atoms. The van der Waals surface area contributed by atoms with Crippen molar-refractivity contribution in [3.05, 3.63) is 23.8 Å². The van der Waals surface area contributed by atoms with Crippen molar-refractivity contribution in [3.8, 4) is 11.8 Å². The Balaban J connectivity index is 2.06. The van der Waals surface area contributed by atoms with Gasteiger partial charge in [-0.1, -0.05) is 0 Å². The molecule has 6 nitrogen and oxygen atoms in total. The maximum atomic E-state index is 12.3. The van der Waals surface area contributed by atoms with E-state index in [4.69, 9.17) is 10.00 Å². The first kappa shape index (κ1) is 15.8. The third-order valence-corrected chi connectivity index (χ3v) is 5.09. The fraction of sp³-hybridized carbons (Fsp3) is 0.500. The fourth-order valence-electron chi connectivity index (χ4n) is 2.40. The van der Waals surface area contributed by atoms with Crippen molar-refractivity contribution in [3.63, 3.8) is 0 Å². The number of ether oxygens (including phenoxy) is 1. The van der Waals surface area contributed by atoms with Crippen LogP contribution in [0.5, 0.6) is 5.75 Å². The zero-order valence-corrected chi connectivity index (χ0v) is 12.7. The summed E-state index contributed by atoms with van der Waals surface area (Å²) in [6.07, 6.45) is 1.90. The van der Waals surface area contributed by atoms with Crippen LogP contribution in [-0.4, -0.2) is 35.2 Å². The second kappa shape index (κ2) is 6.89. The fourth-order valence-corrected chi connectivity index (χ4v) is 3.59. The monoisotopic (exact) mass is 309 g/mol. The van der Waals surface area contributed by atoms with Crippen molar-refractivity contribution in [2.24, 2.45) is 5.92 Å². The van der Waals surface area contributed by atoms with Gasteiger partial charge in [-0.2, -0.15) is 5.26 Å². The van der Waals surface area contributed by atoms with Crippen LogP contribution in [-0.2, 0) is 10.0 Å². The molecule has 0 aliphatic carbocycles. The van der Waals surface area contributed by atoms with E-state index >= 15 is 0 Å². The van der Waals surface area contributed by atoms with Crippen molar-refractivity contribution in [2.45, 2.75) is 17.7 Å².